The van der Waals surface area contributed by atoms with Gasteiger partial charge in [0.15, 0.2) is 5.69 Å². The summed E-state index contributed by atoms with van der Waals surface area (Å²) in [6.45, 7) is 0. The molecule has 1 amide bonds. The van der Waals surface area contributed by atoms with Crippen molar-refractivity contribution in [3.63, 3.8) is 0 Å². The maximum atomic E-state index is 12.8. The topological polar surface area (TPSA) is 61.0 Å². The fourth-order valence-electron chi connectivity index (χ4n) is 4.58. The largest absolute Gasteiger partial charge is 0.348 e. The number of aromatic nitrogens is 2. The Hall–Kier alpha value is -2.18. The summed E-state index contributed by atoms with van der Waals surface area (Å²) in [4.78, 5) is 15.3. The summed E-state index contributed by atoms with van der Waals surface area (Å²) in [5.74, 6) is -0.0616. The average Bonchev–Trinajstić information content (AvgIpc) is 3.34. The number of hydrogen-bond donors (Lipinski definition) is 2. The zero-order chi connectivity index (χ0) is 17.7. The maximum Gasteiger partial charge on any atom is 0.272 e. The van der Waals surface area contributed by atoms with E-state index in [1.165, 1.54) is 18.4 Å². The average molecular weight is 366 g/mol. The molecule has 3 aromatic rings. The summed E-state index contributed by atoms with van der Waals surface area (Å²) >= 11 is 1.68. The molecule has 4 heterocycles. The minimum Gasteiger partial charge on any atom is -0.348 e. The van der Waals surface area contributed by atoms with Gasteiger partial charge >= 0.3 is 0 Å². The first-order valence-corrected chi connectivity index (χ1v) is 10.2. The first-order chi connectivity index (χ1) is 12.7. The van der Waals surface area contributed by atoms with Crippen molar-refractivity contribution in [2.45, 2.75) is 43.8 Å². The fourth-order valence-corrected chi connectivity index (χ4v) is 5.25. The number of carbonyl (C=O) groups is 1. The van der Waals surface area contributed by atoms with Crippen LogP contribution in [0.25, 0.3) is 22.0 Å². The van der Waals surface area contributed by atoms with E-state index in [4.69, 9.17) is 0 Å². The van der Waals surface area contributed by atoms with Crippen molar-refractivity contribution in [1.29, 1.82) is 0 Å². The van der Waals surface area contributed by atoms with E-state index in [9.17, 15) is 4.79 Å². The number of nitrogens with zero attached hydrogens (tertiary/aromatic N) is 2. The van der Waals surface area contributed by atoms with Gasteiger partial charge in [-0.05, 0) is 72.8 Å². The number of rotatable bonds is 3. The van der Waals surface area contributed by atoms with E-state index < -0.39 is 0 Å². The van der Waals surface area contributed by atoms with Crippen molar-refractivity contribution < 1.29 is 4.79 Å². The van der Waals surface area contributed by atoms with Gasteiger partial charge in [-0.2, -0.15) is 16.4 Å². The number of benzene rings is 1. The minimum absolute atomic E-state index is 0.0616. The minimum atomic E-state index is -0.0616. The number of thiophene rings is 1. The summed E-state index contributed by atoms with van der Waals surface area (Å²) in [7, 11) is 2.21. The molecular formula is C20H22N4OS. The molecule has 0 aliphatic carbocycles. The number of aromatic amines is 1. The normalized spacial score (nSPS) is 25.7. The highest BCUT2D eigenvalue weighted by Gasteiger charge is 2.39. The lowest BCUT2D eigenvalue weighted by Crippen LogP contribution is -2.48. The van der Waals surface area contributed by atoms with Crippen molar-refractivity contribution in [3.05, 3.63) is 40.7 Å². The van der Waals surface area contributed by atoms with Gasteiger partial charge in [-0.15, -0.1) is 0 Å². The van der Waals surface area contributed by atoms with E-state index in [-0.39, 0.29) is 11.9 Å². The van der Waals surface area contributed by atoms with Gasteiger partial charge < -0.3 is 10.2 Å². The van der Waals surface area contributed by atoms with Crippen LogP contribution in [0.1, 0.15) is 36.2 Å². The molecule has 2 atom stereocenters. The molecule has 0 radical (unpaired) electrons. The molecule has 5 nitrogen and oxygen atoms in total. The van der Waals surface area contributed by atoms with E-state index in [1.807, 2.05) is 6.07 Å². The molecule has 2 bridgehead atoms. The van der Waals surface area contributed by atoms with Crippen molar-refractivity contribution in [3.8, 4) is 11.1 Å². The lowest BCUT2D eigenvalue weighted by atomic mass is 9.98. The van der Waals surface area contributed by atoms with Gasteiger partial charge in [0, 0.05) is 23.5 Å². The summed E-state index contributed by atoms with van der Waals surface area (Å²) < 4.78 is 0. The first kappa shape index (κ1) is 16.0. The zero-order valence-electron chi connectivity index (χ0n) is 14.7. The van der Waals surface area contributed by atoms with Crippen LogP contribution in [0, 0.1) is 0 Å². The molecule has 2 fully saturated rings. The summed E-state index contributed by atoms with van der Waals surface area (Å²) in [6.07, 6.45) is 4.60. The Bertz CT molecular complexity index is 934. The van der Waals surface area contributed by atoms with Gasteiger partial charge in [-0.25, -0.2) is 0 Å². The standard InChI is InChI=1S/C20H22N4OS/c1-24-15-3-4-16(24)10-14(9-15)21-20(25)19-17-5-2-12(8-18(17)22-23-19)13-6-7-26-11-13/h2,5-8,11,14-16H,3-4,9-10H2,1H3,(H,21,25)(H,22,23). The number of nitrogens with one attached hydrogen (secondary N) is 2. The number of H-pyrrole nitrogens is 1. The zero-order valence-corrected chi connectivity index (χ0v) is 15.6. The molecule has 1 aromatic carbocycles. The van der Waals surface area contributed by atoms with E-state index in [1.54, 1.807) is 11.3 Å². The van der Waals surface area contributed by atoms with Crippen molar-refractivity contribution in [2.24, 2.45) is 0 Å². The molecule has 2 aliphatic rings. The van der Waals surface area contributed by atoms with Gasteiger partial charge in [0.25, 0.3) is 5.91 Å². The fraction of sp³-hybridized carbons (Fsp3) is 0.400. The summed E-state index contributed by atoms with van der Waals surface area (Å²) in [5, 5.41) is 15.6. The monoisotopic (exact) mass is 366 g/mol. The second-order valence-electron chi connectivity index (χ2n) is 7.54. The highest BCUT2D eigenvalue weighted by atomic mass is 32.1. The Labute approximate surface area is 156 Å². The van der Waals surface area contributed by atoms with Crippen LogP contribution in [0.4, 0.5) is 0 Å². The van der Waals surface area contributed by atoms with Gasteiger partial charge in [0.05, 0.1) is 5.52 Å². The molecule has 2 aromatic heterocycles. The van der Waals surface area contributed by atoms with E-state index >= 15 is 0 Å². The smallest absolute Gasteiger partial charge is 0.272 e. The molecule has 134 valence electrons. The number of piperidine rings is 1. The van der Waals surface area contributed by atoms with Crippen LogP contribution < -0.4 is 5.32 Å². The quantitative estimate of drug-likeness (QED) is 0.744. The Kier molecular flexibility index (Phi) is 3.83. The highest BCUT2D eigenvalue weighted by molar-refractivity contribution is 7.08. The van der Waals surface area contributed by atoms with Crippen molar-refractivity contribution in [1.82, 2.24) is 20.4 Å². The molecule has 26 heavy (non-hydrogen) atoms. The highest BCUT2D eigenvalue weighted by Crippen LogP contribution is 2.34. The van der Waals surface area contributed by atoms with Crippen molar-refractivity contribution in [2.75, 3.05) is 7.05 Å². The van der Waals surface area contributed by atoms with Crippen LogP contribution in [-0.4, -0.2) is 46.2 Å². The molecule has 2 aliphatic heterocycles. The van der Waals surface area contributed by atoms with Crippen LogP contribution in [0.2, 0.25) is 0 Å². The summed E-state index contributed by atoms with van der Waals surface area (Å²) in [6, 6.07) is 9.71. The third-order valence-electron chi connectivity index (χ3n) is 6.07. The molecule has 2 unspecified atom stereocenters. The number of hydrogen-bond acceptors (Lipinski definition) is 4. The first-order valence-electron chi connectivity index (χ1n) is 9.22. The predicted molar refractivity (Wildman–Crippen MR) is 104 cm³/mol. The van der Waals surface area contributed by atoms with Crippen LogP contribution in [0.15, 0.2) is 35.0 Å². The second-order valence-corrected chi connectivity index (χ2v) is 8.32. The summed E-state index contributed by atoms with van der Waals surface area (Å²) in [5.41, 5.74) is 3.74. The molecule has 6 heteroatoms. The Balaban J connectivity index is 1.36. The van der Waals surface area contributed by atoms with E-state index in [0.717, 1.165) is 29.3 Å². The molecule has 2 saturated heterocycles. The van der Waals surface area contributed by atoms with Crippen LogP contribution >= 0.6 is 11.3 Å². The van der Waals surface area contributed by atoms with Crippen molar-refractivity contribution >= 4 is 28.1 Å². The second kappa shape index (κ2) is 6.21. The molecule has 0 saturated carbocycles. The van der Waals surface area contributed by atoms with Gasteiger partial charge in [0.2, 0.25) is 0 Å². The van der Waals surface area contributed by atoms with Crippen LogP contribution in [0.5, 0.6) is 0 Å². The van der Waals surface area contributed by atoms with Gasteiger partial charge in [0.1, 0.15) is 0 Å². The molecule has 5 rings (SSSR count). The number of amides is 1. The van der Waals surface area contributed by atoms with E-state index in [0.29, 0.717) is 17.8 Å². The number of fused-ring (bicyclic) bond motifs is 3. The maximum absolute atomic E-state index is 12.8. The SMILES string of the molecule is CN1C2CCC1CC(NC(=O)c1n[nH]c3cc(-c4ccsc4)ccc13)C2. The number of carbonyl (C=O) groups excluding carboxylic acids is 1. The Morgan fingerprint density at radius 1 is 1.23 bits per heavy atom. The van der Waals surface area contributed by atoms with E-state index in [2.05, 4.69) is 56.4 Å². The Morgan fingerprint density at radius 3 is 2.77 bits per heavy atom. The molecule has 0 spiro atoms. The van der Waals surface area contributed by atoms with Crippen LogP contribution in [0.3, 0.4) is 0 Å². The lowest BCUT2D eigenvalue weighted by molar-refractivity contribution is 0.0879. The Morgan fingerprint density at radius 2 is 2.04 bits per heavy atom. The molecular weight excluding hydrogens is 344 g/mol. The van der Waals surface area contributed by atoms with Gasteiger partial charge in [-0.1, -0.05) is 6.07 Å². The molecule has 2 N–H and O–H groups in total. The third kappa shape index (κ3) is 2.64. The lowest BCUT2D eigenvalue weighted by Gasteiger charge is -2.36. The van der Waals surface area contributed by atoms with Gasteiger partial charge in [-0.3, -0.25) is 9.89 Å². The third-order valence-corrected chi connectivity index (χ3v) is 6.75. The predicted octanol–water partition coefficient (Wildman–Crippen LogP) is 3.65. The van der Waals surface area contributed by atoms with Crippen LogP contribution in [-0.2, 0) is 0 Å².